The molecular weight excluding hydrogens is 312 g/mol. The molecule has 0 aromatic heterocycles. The first-order chi connectivity index (χ1) is 10.7. The molecule has 1 heterocycles. The molecule has 1 atom stereocenters. The summed E-state index contributed by atoms with van der Waals surface area (Å²) in [6.07, 6.45) is 0.984. The normalized spacial score (nSPS) is 16.9. The maximum atomic E-state index is 12.5. The number of hydrogen-bond acceptors (Lipinski definition) is 3. The standard InChI is InChI=1S/C18H20N2O2.ClH/c19-11-13-9-10-20(12-13)18(22)15-7-5-14(6-8-15)16-3-1-2-4-17(16)21;/h1-8,13,21H,9-12,19H2;1H. The van der Waals surface area contributed by atoms with Crippen LogP contribution in [0.3, 0.4) is 0 Å². The molecule has 0 saturated carbocycles. The van der Waals surface area contributed by atoms with Gasteiger partial charge < -0.3 is 15.7 Å². The summed E-state index contributed by atoms with van der Waals surface area (Å²) in [6, 6.07) is 14.6. The van der Waals surface area contributed by atoms with Gasteiger partial charge in [0.1, 0.15) is 5.75 Å². The number of nitrogens with zero attached hydrogens (tertiary/aromatic N) is 1. The number of carbonyl (C=O) groups excluding carboxylic acids is 1. The lowest BCUT2D eigenvalue weighted by Crippen LogP contribution is -2.29. The van der Waals surface area contributed by atoms with Crippen molar-refractivity contribution >= 4 is 18.3 Å². The highest BCUT2D eigenvalue weighted by Gasteiger charge is 2.25. The van der Waals surface area contributed by atoms with Gasteiger partial charge in [-0.05, 0) is 42.6 Å². The van der Waals surface area contributed by atoms with Crippen molar-refractivity contribution in [2.24, 2.45) is 11.7 Å². The van der Waals surface area contributed by atoms with E-state index in [0.717, 1.165) is 30.6 Å². The second kappa shape index (κ2) is 7.49. The van der Waals surface area contributed by atoms with Crippen molar-refractivity contribution in [2.45, 2.75) is 6.42 Å². The van der Waals surface area contributed by atoms with Crippen molar-refractivity contribution in [3.63, 3.8) is 0 Å². The summed E-state index contributed by atoms with van der Waals surface area (Å²) >= 11 is 0. The molecule has 0 bridgehead atoms. The molecule has 3 N–H and O–H groups in total. The van der Waals surface area contributed by atoms with Crippen LogP contribution in [0.1, 0.15) is 16.8 Å². The molecule has 2 aromatic rings. The summed E-state index contributed by atoms with van der Waals surface area (Å²) in [5.41, 5.74) is 8.02. The summed E-state index contributed by atoms with van der Waals surface area (Å²) in [5, 5.41) is 9.88. The number of phenolic OH excluding ortho intramolecular Hbond substituents is 1. The fourth-order valence-corrected chi connectivity index (χ4v) is 2.90. The van der Waals surface area contributed by atoms with Gasteiger partial charge in [0.15, 0.2) is 0 Å². The lowest BCUT2D eigenvalue weighted by molar-refractivity contribution is 0.0787. The maximum absolute atomic E-state index is 12.5. The topological polar surface area (TPSA) is 66.6 Å². The summed E-state index contributed by atoms with van der Waals surface area (Å²) in [4.78, 5) is 14.3. The molecule has 122 valence electrons. The molecule has 5 heteroatoms. The minimum atomic E-state index is 0. The molecule has 1 unspecified atom stereocenters. The molecule has 0 spiro atoms. The summed E-state index contributed by atoms with van der Waals surface area (Å²) in [7, 11) is 0. The number of amides is 1. The van der Waals surface area contributed by atoms with E-state index in [4.69, 9.17) is 5.73 Å². The van der Waals surface area contributed by atoms with Crippen LogP contribution in [-0.2, 0) is 0 Å². The highest BCUT2D eigenvalue weighted by molar-refractivity contribution is 5.95. The maximum Gasteiger partial charge on any atom is 0.253 e. The first kappa shape index (κ1) is 17.3. The number of rotatable bonds is 3. The fourth-order valence-electron chi connectivity index (χ4n) is 2.90. The fraction of sp³-hybridized carbons (Fsp3) is 0.278. The van der Waals surface area contributed by atoms with Gasteiger partial charge in [-0.15, -0.1) is 12.4 Å². The third-order valence-corrected chi connectivity index (χ3v) is 4.25. The Morgan fingerprint density at radius 1 is 1.17 bits per heavy atom. The monoisotopic (exact) mass is 332 g/mol. The number of halogens is 1. The van der Waals surface area contributed by atoms with Gasteiger partial charge in [0, 0.05) is 24.2 Å². The van der Waals surface area contributed by atoms with Gasteiger partial charge in [-0.25, -0.2) is 0 Å². The Bertz CT molecular complexity index is 673. The van der Waals surface area contributed by atoms with Gasteiger partial charge in [-0.1, -0.05) is 30.3 Å². The number of likely N-dealkylation sites (tertiary alicyclic amines) is 1. The lowest BCUT2D eigenvalue weighted by Gasteiger charge is -2.16. The van der Waals surface area contributed by atoms with Gasteiger partial charge in [0.2, 0.25) is 0 Å². The lowest BCUT2D eigenvalue weighted by atomic mass is 10.0. The molecule has 4 nitrogen and oxygen atoms in total. The third kappa shape index (κ3) is 3.66. The second-order valence-electron chi connectivity index (χ2n) is 5.74. The Labute approximate surface area is 142 Å². The minimum absolute atomic E-state index is 0. The Morgan fingerprint density at radius 2 is 1.87 bits per heavy atom. The Hall–Kier alpha value is -2.04. The molecule has 1 aliphatic rings. The quantitative estimate of drug-likeness (QED) is 0.908. The van der Waals surface area contributed by atoms with Gasteiger partial charge in [-0.3, -0.25) is 4.79 Å². The van der Waals surface area contributed by atoms with Gasteiger partial charge in [-0.2, -0.15) is 0 Å². The van der Waals surface area contributed by atoms with Crippen LogP contribution in [0, 0.1) is 5.92 Å². The van der Waals surface area contributed by atoms with Crippen LogP contribution in [0.5, 0.6) is 5.75 Å². The van der Waals surface area contributed by atoms with Crippen molar-refractivity contribution in [3.05, 3.63) is 54.1 Å². The van der Waals surface area contributed by atoms with E-state index in [1.807, 2.05) is 41.3 Å². The molecule has 0 radical (unpaired) electrons. The summed E-state index contributed by atoms with van der Waals surface area (Å²) in [6.45, 7) is 2.16. The zero-order valence-electron chi connectivity index (χ0n) is 12.8. The van der Waals surface area contributed by atoms with Crippen LogP contribution in [0.15, 0.2) is 48.5 Å². The predicted molar refractivity (Wildman–Crippen MR) is 93.9 cm³/mol. The number of hydrogen-bond donors (Lipinski definition) is 2. The number of nitrogens with two attached hydrogens (primary N) is 1. The molecule has 0 aliphatic carbocycles. The van der Waals surface area contributed by atoms with E-state index in [2.05, 4.69) is 0 Å². The molecule has 1 aliphatic heterocycles. The molecule has 1 amide bonds. The van der Waals surface area contributed by atoms with E-state index in [1.54, 1.807) is 12.1 Å². The number of para-hydroxylation sites is 1. The zero-order chi connectivity index (χ0) is 15.5. The zero-order valence-corrected chi connectivity index (χ0v) is 13.6. The van der Waals surface area contributed by atoms with Crippen LogP contribution in [-0.4, -0.2) is 35.5 Å². The average Bonchev–Trinajstić information content (AvgIpc) is 3.04. The van der Waals surface area contributed by atoms with Crippen LogP contribution in [0.25, 0.3) is 11.1 Å². The summed E-state index contributed by atoms with van der Waals surface area (Å²) < 4.78 is 0. The van der Waals surface area contributed by atoms with Gasteiger partial charge in [0.05, 0.1) is 0 Å². The van der Waals surface area contributed by atoms with Crippen molar-refractivity contribution < 1.29 is 9.90 Å². The van der Waals surface area contributed by atoms with E-state index in [1.165, 1.54) is 0 Å². The largest absolute Gasteiger partial charge is 0.507 e. The smallest absolute Gasteiger partial charge is 0.253 e. The molecule has 1 fully saturated rings. The van der Waals surface area contributed by atoms with Crippen LogP contribution in [0.4, 0.5) is 0 Å². The summed E-state index contributed by atoms with van der Waals surface area (Å²) in [5.74, 6) is 0.719. The number of phenols is 1. The van der Waals surface area contributed by atoms with Crippen molar-refractivity contribution in [2.75, 3.05) is 19.6 Å². The van der Waals surface area contributed by atoms with Crippen molar-refractivity contribution in [3.8, 4) is 16.9 Å². The average molecular weight is 333 g/mol. The van der Waals surface area contributed by atoms with Crippen molar-refractivity contribution in [1.82, 2.24) is 4.90 Å². The molecule has 2 aromatic carbocycles. The second-order valence-corrected chi connectivity index (χ2v) is 5.74. The van der Waals surface area contributed by atoms with Crippen LogP contribution < -0.4 is 5.73 Å². The molecule has 3 rings (SSSR count). The first-order valence-corrected chi connectivity index (χ1v) is 7.57. The number of aromatic hydroxyl groups is 1. The van der Waals surface area contributed by atoms with E-state index in [9.17, 15) is 9.90 Å². The minimum Gasteiger partial charge on any atom is -0.507 e. The predicted octanol–water partition coefficient (Wildman–Crippen LogP) is 2.90. The van der Waals surface area contributed by atoms with Crippen molar-refractivity contribution in [1.29, 1.82) is 0 Å². The highest BCUT2D eigenvalue weighted by Crippen LogP contribution is 2.29. The van der Waals surface area contributed by atoms with E-state index in [-0.39, 0.29) is 24.1 Å². The Morgan fingerprint density at radius 3 is 2.48 bits per heavy atom. The molecular formula is C18H21ClN2O2. The molecule has 23 heavy (non-hydrogen) atoms. The van der Waals surface area contributed by atoms with E-state index in [0.29, 0.717) is 18.0 Å². The third-order valence-electron chi connectivity index (χ3n) is 4.25. The first-order valence-electron chi connectivity index (χ1n) is 7.57. The van der Waals surface area contributed by atoms with Crippen LogP contribution in [0.2, 0.25) is 0 Å². The Balaban J connectivity index is 0.00000192. The highest BCUT2D eigenvalue weighted by atomic mass is 35.5. The Kier molecular flexibility index (Phi) is 5.64. The molecule has 1 saturated heterocycles. The van der Waals surface area contributed by atoms with Crippen LogP contribution >= 0.6 is 12.4 Å². The van der Waals surface area contributed by atoms with Gasteiger partial charge in [0.25, 0.3) is 5.91 Å². The van der Waals surface area contributed by atoms with E-state index < -0.39 is 0 Å². The number of benzene rings is 2. The van der Waals surface area contributed by atoms with Gasteiger partial charge >= 0.3 is 0 Å². The number of carbonyl (C=O) groups is 1. The SMILES string of the molecule is Cl.NCC1CCN(C(=O)c2ccc(-c3ccccc3O)cc2)C1. The van der Waals surface area contributed by atoms with E-state index >= 15 is 0 Å².